The average molecular weight is 1350 g/mol. The number of likely N-dealkylation sites (N-methyl/N-ethyl adjacent to an activating group) is 1. The number of aromatic nitrogens is 2. The van der Waals surface area contributed by atoms with Crippen LogP contribution in [0.3, 0.4) is 0 Å². The van der Waals surface area contributed by atoms with E-state index in [0.29, 0.717) is 71.1 Å². The van der Waals surface area contributed by atoms with Crippen LogP contribution in [-0.4, -0.2) is 211 Å². The first-order valence-corrected chi connectivity index (χ1v) is 31.8. The number of aliphatic hydroxyl groups is 6. The molecule has 2 aromatic carbocycles. The van der Waals surface area contributed by atoms with Gasteiger partial charge in [-0.2, -0.15) is 0 Å². The molecule has 8 rings (SSSR count). The van der Waals surface area contributed by atoms with Crippen molar-refractivity contribution in [3.63, 3.8) is 0 Å². The van der Waals surface area contributed by atoms with Crippen molar-refractivity contribution in [3.05, 3.63) is 110 Å². The lowest BCUT2D eigenvalue weighted by molar-refractivity contribution is -0.172. The molecule has 10 amide bonds. The van der Waals surface area contributed by atoms with Crippen molar-refractivity contribution in [2.24, 2.45) is 0 Å². The summed E-state index contributed by atoms with van der Waals surface area (Å²) in [5.41, 5.74) is 1.56. The minimum absolute atomic E-state index is 0.0129. The predicted molar refractivity (Wildman–Crippen MR) is 337 cm³/mol. The fraction of sp³-hybridized carbons (Fsp3) is 0.492. The van der Waals surface area contributed by atoms with E-state index >= 15 is 4.39 Å². The number of amides is 10. The molecule has 32 heteroatoms. The number of hydrogen-bond acceptors (Lipinski definition) is 21. The van der Waals surface area contributed by atoms with E-state index in [4.69, 9.17) is 19.6 Å². The van der Waals surface area contributed by atoms with Gasteiger partial charge in [0.2, 0.25) is 47.3 Å². The van der Waals surface area contributed by atoms with Crippen LogP contribution in [-0.2, 0) is 107 Å². The number of esters is 1. The van der Waals surface area contributed by atoms with Crippen molar-refractivity contribution in [2.75, 3.05) is 53.1 Å². The third kappa shape index (κ3) is 17.8. The second kappa shape index (κ2) is 33.0. The minimum Gasteiger partial charge on any atom is -0.458 e. The Morgan fingerprint density at radius 3 is 2.12 bits per heavy atom. The van der Waals surface area contributed by atoms with Crippen LogP contribution in [0, 0.1) is 5.82 Å². The van der Waals surface area contributed by atoms with Crippen LogP contribution in [0.1, 0.15) is 104 Å². The molecule has 1 aliphatic carbocycles. The zero-order chi connectivity index (χ0) is 70.4. The summed E-state index contributed by atoms with van der Waals surface area (Å²) in [6.45, 7) is -1.34. The van der Waals surface area contributed by atoms with Gasteiger partial charge in [-0.15, -0.1) is 0 Å². The van der Waals surface area contributed by atoms with Crippen molar-refractivity contribution < 1.29 is 97.2 Å². The number of ether oxygens (including phenoxy) is 2. The summed E-state index contributed by atoms with van der Waals surface area (Å²) in [6, 6.07) is 8.66. The van der Waals surface area contributed by atoms with E-state index < -0.39 is 171 Å². The Morgan fingerprint density at radius 2 is 1.41 bits per heavy atom. The lowest BCUT2D eigenvalue weighted by atomic mass is 9.86. The maximum atomic E-state index is 15.6. The summed E-state index contributed by atoms with van der Waals surface area (Å²) in [4.78, 5) is 163. The van der Waals surface area contributed by atoms with E-state index in [-0.39, 0.29) is 75.0 Å². The Labute approximate surface area is 554 Å². The van der Waals surface area contributed by atoms with Crippen molar-refractivity contribution >= 4 is 75.9 Å². The maximum Gasteiger partial charge on any atom is 0.343 e. The Hall–Kier alpha value is -9.44. The number of aryl methyl sites for hydroxylation is 1. The van der Waals surface area contributed by atoms with Gasteiger partial charge < -0.3 is 86.8 Å². The van der Waals surface area contributed by atoms with E-state index in [1.165, 1.54) is 24.6 Å². The molecule has 2 aromatic heterocycles. The lowest BCUT2D eigenvalue weighted by Crippen LogP contribution is -2.53. The van der Waals surface area contributed by atoms with Crippen LogP contribution in [0.25, 0.3) is 22.3 Å². The topological polar surface area (TPSA) is 453 Å². The van der Waals surface area contributed by atoms with Crippen LogP contribution >= 0.6 is 0 Å². The van der Waals surface area contributed by atoms with Crippen LogP contribution in [0.4, 0.5) is 4.39 Å². The minimum atomic E-state index is -2.08. The van der Waals surface area contributed by atoms with E-state index in [2.05, 4.69) is 37.2 Å². The second-order valence-corrected chi connectivity index (χ2v) is 24.1. The standard InChI is InChI=1S/C65H80FN11O20/c1-4-65(95)41-23-46-57-39(29-77(46)62(92)40(41)32-96-64(65)94)38(56-37-15-11-14-36(37)42(66)24-44(56)74-57)25-69-60(90)34(2)97-33-71-52(84)27-70-61(91)45(22-35-12-7-5-8-13-35)73-53(85)28-68-51(83)26-67-49(81)18-17-43(63(93)75(3)30-47(79)58(88)59(89)48(80)31-78)72-50(82)16-9-6-10-21-76-54(86)19-20-55(76)87/h5,7-8,12-13,19-20,23-24,34,43,45,47-48,58-59,78-80,88-89,95H,4,6,9-11,14-18,21-22,25-33H2,1-3H3,(H,67,81)(H,68,83)(H,69,90)(H,70,91)(H,71,84)(H,72,82)(H,73,85)/t34-,43-,45-,47-,48+,58+,59+,65-/m0/s1. The molecule has 0 radical (unpaired) electrons. The zero-order valence-corrected chi connectivity index (χ0v) is 53.7. The van der Waals surface area contributed by atoms with E-state index in [1.54, 1.807) is 43.3 Å². The number of carbonyl (C=O) groups is 11. The first-order chi connectivity index (χ1) is 46.2. The molecule has 0 saturated heterocycles. The highest BCUT2D eigenvalue weighted by molar-refractivity contribution is 6.12. The molecule has 0 unspecified atom stereocenters. The summed E-state index contributed by atoms with van der Waals surface area (Å²) in [5.74, 6) is -8.35. The van der Waals surface area contributed by atoms with Gasteiger partial charge in [0.25, 0.3) is 17.4 Å². The zero-order valence-electron chi connectivity index (χ0n) is 53.7. The van der Waals surface area contributed by atoms with E-state index in [0.717, 1.165) is 27.5 Å². The SMILES string of the molecule is CC[C@@]1(O)C(=O)OCc2c1cc1n(c2=O)Cc2c-1nc1cc(F)c3c(c1c2CNC(=O)[C@H](C)OCNC(=O)CNC(=O)[C@H](Cc1ccccc1)NC(=O)CNC(=O)CNC(=O)CC[C@H](NC(=O)CCCCCN1C(=O)C=CC1=O)C(=O)N(C)C[C@H](O)[C@@H](O)[C@H](O)[C@H](O)CO)CCC3. The molecule has 8 atom stereocenters. The summed E-state index contributed by atoms with van der Waals surface area (Å²) < 4.78 is 27.9. The Kier molecular flexibility index (Phi) is 25.0. The van der Waals surface area contributed by atoms with Crippen molar-refractivity contribution in [1.82, 2.24) is 56.6 Å². The van der Waals surface area contributed by atoms with Gasteiger partial charge in [-0.1, -0.05) is 43.7 Å². The predicted octanol–water partition coefficient (Wildman–Crippen LogP) is -3.48. The molecule has 31 nitrogen and oxygen atoms in total. The van der Waals surface area contributed by atoms with E-state index in [1.807, 2.05) is 0 Å². The number of imide groups is 1. The molecule has 0 saturated carbocycles. The molecule has 4 aliphatic rings. The van der Waals surface area contributed by atoms with Gasteiger partial charge in [-0.25, -0.2) is 14.2 Å². The molecule has 0 fully saturated rings. The quantitative estimate of drug-likeness (QED) is 0.00823. The highest BCUT2D eigenvalue weighted by Crippen LogP contribution is 2.43. The molecule has 0 bridgehead atoms. The number of nitrogens with one attached hydrogen (secondary N) is 7. The number of pyridine rings is 2. The molecule has 3 aliphatic heterocycles. The molecule has 13 N–H and O–H groups in total. The Bertz CT molecular complexity index is 3780. The lowest BCUT2D eigenvalue weighted by Gasteiger charge is -2.31. The summed E-state index contributed by atoms with van der Waals surface area (Å²) in [7, 11) is 1.19. The van der Waals surface area contributed by atoms with Gasteiger partial charge in [0.05, 0.1) is 55.3 Å². The molecular weight excluding hydrogens is 1270 g/mol. The number of cyclic esters (lactones) is 1. The molecule has 4 aromatic rings. The largest absolute Gasteiger partial charge is 0.458 e. The number of unbranched alkanes of at least 4 members (excludes halogenated alkanes) is 2. The molecule has 0 spiro atoms. The van der Waals surface area contributed by atoms with Crippen LogP contribution < -0.4 is 42.8 Å². The second-order valence-electron chi connectivity index (χ2n) is 24.1. The third-order valence-electron chi connectivity index (χ3n) is 17.4. The molecule has 522 valence electrons. The normalized spacial score (nSPS) is 17.3. The monoisotopic (exact) mass is 1350 g/mol. The number of benzene rings is 2. The van der Waals surface area contributed by atoms with Crippen molar-refractivity contribution in [3.8, 4) is 11.4 Å². The first-order valence-electron chi connectivity index (χ1n) is 31.8. The highest BCUT2D eigenvalue weighted by atomic mass is 19.1. The van der Waals surface area contributed by atoms with Crippen LogP contribution in [0.5, 0.6) is 0 Å². The van der Waals surface area contributed by atoms with Gasteiger partial charge in [0, 0.05) is 80.7 Å². The van der Waals surface area contributed by atoms with Crippen molar-refractivity contribution in [2.45, 2.75) is 152 Å². The number of carbonyl (C=O) groups excluding carboxylic acids is 11. The van der Waals surface area contributed by atoms with Gasteiger partial charge in [0.1, 0.15) is 61.8 Å². The van der Waals surface area contributed by atoms with Gasteiger partial charge in [-0.3, -0.25) is 57.6 Å². The van der Waals surface area contributed by atoms with Crippen LogP contribution in [0.2, 0.25) is 0 Å². The number of aliphatic hydroxyl groups excluding tert-OH is 5. The molecule has 5 heterocycles. The summed E-state index contributed by atoms with van der Waals surface area (Å²) >= 11 is 0. The Balaban J connectivity index is 0.798. The van der Waals surface area contributed by atoms with Crippen molar-refractivity contribution in [1.29, 1.82) is 0 Å². The maximum absolute atomic E-state index is 15.6. The summed E-state index contributed by atoms with van der Waals surface area (Å²) in [5, 5.41) is 79.3. The average Bonchev–Trinajstić information content (AvgIpc) is 1.60. The number of nitrogens with zero attached hydrogens (tertiary/aromatic N) is 4. The van der Waals surface area contributed by atoms with Gasteiger partial charge >= 0.3 is 5.97 Å². The summed E-state index contributed by atoms with van der Waals surface area (Å²) in [6.07, 6.45) is -4.85. The number of fused-ring (bicyclic) bond motifs is 7. The molecular formula is C65H80FN11O20. The fourth-order valence-electron chi connectivity index (χ4n) is 11.9. The van der Waals surface area contributed by atoms with Gasteiger partial charge in [-0.05, 0) is 80.2 Å². The highest BCUT2D eigenvalue weighted by Gasteiger charge is 2.46. The molecule has 97 heavy (non-hydrogen) atoms. The third-order valence-corrected chi connectivity index (χ3v) is 17.4. The smallest absolute Gasteiger partial charge is 0.343 e. The van der Waals surface area contributed by atoms with E-state index in [9.17, 15) is 83.1 Å². The number of hydrogen-bond donors (Lipinski definition) is 13. The van der Waals surface area contributed by atoms with Crippen LogP contribution in [0.15, 0.2) is 59.4 Å². The Morgan fingerprint density at radius 1 is 0.753 bits per heavy atom. The first kappa shape index (κ1) is 73.4. The fourth-order valence-corrected chi connectivity index (χ4v) is 11.9. The number of halogens is 1. The van der Waals surface area contributed by atoms with Gasteiger partial charge in [0.15, 0.2) is 5.60 Å². The number of rotatable bonds is 34.